The SMILES string of the molecule is O=[N+]([O-])c1cc(Br)cnc1-c1cc2ccccc2[nH]1. The van der Waals surface area contributed by atoms with Crippen LogP contribution in [0.4, 0.5) is 5.69 Å². The molecular weight excluding hydrogens is 310 g/mol. The number of para-hydroxylation sites is 1. The zero-order chi connectivity index (χ0) is 13.4. The smallest absolute Gasteiger partial charge is 0.298 e. The first-order valence-corrected chi connectivity index (χ1v) is 6.32. The van der Waals surface area contributed by atoms with E-state index in [1.54, 1.807) is 6.20 Å². The number of nitrogens with one attached hydrogen (secondary N) is 1. The quantitative estimate of drug-likeness (QED) is 0.575. The maximum Gasteiger partial charge on any atom is 0.298 e. The molecule has 0 aliphatic rings. The lowest BCUT2D eigenvalue weighted by Crippen LogP contribution is -1.94. The number of nitro groups is 1. The van der Waals surface area contributed by atoms with Crippen molar-refractivity contribution in [2.24, 2.45) is 0 Å². The van der Waals surface area contributed by atoms with Crippen LogP contribution in [-0.4, -0.2) is 14.9 Å². The number of benzene rings is 1. The normalized spacial score (nSPS) is 10.8. The van der Waals surface area contributed by atoms with Gasteiger partial charge in [-0.15, -0.1) is 0 Å². The summed E-state index contributed by atoms with van der Waals surface area (Å²) in [6.07, 6.45) is 1.55. The summed E-state index contributed by atoms with van der Waals surface area (Å²) in [6, 6.07) is 11.0. The van der Waals surface area contributed by atoms with Crippen LogP contribution in [0.15, 0.2) is 47.1 Å². The third kappa shape index (κ3) is 2.10. The standard InChI is InChI=1S/C13H8BrN3O2/c14-9-6-12(17(18)19)13(15-7-9)11-5-8-3-1-2-4-10(8)16-11/h1-7,16H. The third-order valence-electron chi connectivity index (χ3n) is 2.82. The molecule has 0 fully saturated rings. The largest absolute Gasteiger partial charge is 0.353 e. The Labute approximate surface area is 116 Å². The van der Waals surface area contributed by atoms with Crippen LogP contribution < -0.4 is 0 Å². The van der Waals surface area contributed by atoms with Crippen LogP contribution in [0, 0.1) is 10.1 Å². The van der Waals surface area contributed by atoms with Gasteiger partial charge in [0.2, 0.25) is 0 Å². The van der Waals surface area contributed by atoms with Crippen LogP contribution in [0.2, 0.25) is 0 Å². The molecule has 0 atom stereocenters. The molecule has 2 aromatic heterocycles. The molecule has 0 unspecified atom stereocenters. The zero-order valence-electron chi connectivity index (χ0n) is 9.63. The molecule has 0 bridgehead atoms. The predicted octanol–water partition coefficient (Wildman–Crippen LogP) is 3.90. The maximum atomic E-state index is 11.1. The minimum Gasteiger partial charge on any atom is -0.353 e. The number of hydrogen-bond acceptors (Lipinski definition) is 3. The molecule has 0 amide bonds. The van der Waals surface area contributed by atoms with Gasteiger partial charge in [-0.1, -0.05) is 18.2 Å². The van der Waals surface area contributed by atoms with Gasteiger partial charge in [0.05, 0.1) is 10.6 Å². The van der Waals surface area contributed by atoms with Gasteiger partial charge in [-0.2, -0.15) is 0 Å². The van der Waals surface area contributed by atoms with E-state index >= 15 is 0 Å². The monoisotopic (exact) mass is 317 g/mol. The number of pyridine rings is 1. The highest BCUT2D eigenvalue weighted by Gasteiger charge is 2.19. The fourth-order valence-corrected chi connectivity index (χ4v) is 2.30. The summed E-state index contributed by atoms with van der Waals surface area (Å²) in [4.78, 5) is 18.0. The van der Waals surface area contributed by atoms with Gasteiger partial charge in [-0.05, 0) is 28.1 Å². The second kappa shape index (κ2) is 4.47. The van der Waals surface area contributed by atoms with E-state index in [0.717, 1.165) is 10.9 Å². The van der Waals surface area contributed by atoms with E-state index in [4.69, 9.17) is 0 Å². The lowest BCUT2D eigenvalue weighted by Gasteiger charge is -2.00. The minimum absolute atomic E-state index is 0.0269. The van der Waals surface area contributed by atoms with E-state index in [9.17, 15) is 10.1 Å². The Morgan fingerprint density at radius 3 is 2.79 bits per heavy atom. The Kier molecular flexibility index (Phi) is 2.79. The van der Waals surface area contributed by atoms with E-state index < -0.39 is 4.92 Å². The minimum atomic E-state index is -0.432. The van der Waals surface area contributed by atoms with Crippen molar-refractivity contribution in [3.8, 4) is 11.4 Å². The molecule has 3 aromatic rings. The second-order valence-corrected chi connectivity index (χ2v) is 4.96. The number of H-pyrrole nitrogens is 1. The van der Waals surface area contributed by atoms with Crippen molar-refractivity contribution in [3.63, 3.8) is 0 Å². The van der Waals surface area contributed by atoms with E-state index in [1.165, 1.54) is 6.07 Å². The molecule has 0 saturated carbocycles. The summed E-state index contributed by atoms with van der Waals surface area (Å²) in [5.74, 6) is 0. The van der Waals surface area contributed by atoms with Gasteiger partial charge in [-0.3, -0.25) is 10.1 Å². The lowest BCUT2D eigenvalue weighted by molar-refractivity contribution is -0.384. The molecule has 0 aliphatic heterocycles. The summed E-state index contributed by atoms with van der Waals surface area (Å²) in [7, 11) is 0. The van der Waals surface area contributed by atoms with E-state index in [-0.39, 0.29) is 5.69 Å². The average molecular weight is 318 g/mol. The van der Waals surface area contributed by atoms with Crippen molar-refractivity contribution in [2.75, 3.05) is 0 Å². The number of halogens is 1. The van der Waals surface area contributed by atoms with Crippen LogP contribution in [-0.2, 0) is 0 Å². The van der Waals surface area contributed by atoms with Gasteiger partial charge in [0, 0.05) is 27.6 Å². The number of nitrogens with zero attached hydrogens (tertiary/aromatic N) is 2. The van der Waals surface area contributed by atoms with Gasteiger partial charge in [-0.25, -0.2) is 4.98 Å². The van der Waals surface area contributed by atoms with E-state index in [0.29, 0.717) is 15.9 Å². The van der Waals surface area contributed by atoms with Crippen LogP contribution in [0.25, 0.3) is 22.3 Å². The number of aromatic amines is 1. The fourth-order valence-electron chi connectivity index (χ4n) is 1.98. The van der Waals surface area contributed by atoms with Crippen molar-refractivity contribution in [2.45, 2.75) is 0 Å². The van der Waals surface area contributed by atoms with Crippen LogP contribution in [0.3, 0.4) is 0 Å². The summed E-state index contributed by atoms with van der Waals surface area (Å²) in [5.41, 5.74) is 1.88. The highest BCUT2D eigenvalue weighted by molar-refractivity contribution is 9.10. The van der Waals surface area contributed by atoms with Crippen molar-refractivity contribution in [1.29, 1.82) is 0 Å². The summed E-state index contributed by atoms with van der Waals surface area (Å²) in [5, 5.41) is 12.1. The van der Waals surface area contributed by atoms with Gasteiger partial charge >= 0.3 is 0 Å². The Bertz CT molecular complexity index is 749. The first kappa shape index (κ1) is 11.9. The van der Waals surface area contributed by atoms with Crippen molar-refractivity contribution in [1.82, 2.24) is 9.97 Å². The first-order chi connectivity index (χ1) is 9.15. The molecule has 1 aromatic carbocycles. The molecule has 1 N–H and O–H groups in total. The Morgan fingerprint density at radius 2 is 2.05 bits per heavy atom. The molecule has 19 heavy (non-hydrogen) atoms. The van der Waals surface area contributed by atoms with Crippen LogP contribution in [0.5, 0.6) is 0 Å². The van der Waals surface area contributed by atoms with Gasteiger partial charge in [0.25, 0.3) is 5.69 Å². The van der Waals surface area contributed by atoms with Crippen molar-refractivity contribution in [3.05, 3.63) is 57.2 Å². The molecule has 94 valence electrons. The first-order valence-electron chi connectivity index (χ1n) is 5.53. The molecule has 0 spiro atoms. The van der Waals surface area contributed by atoms with Crippen molar-refractivity contribution >= 4 is 32.5 Å². The Balaban J connectivity index is 2.23. The highest BCUT2D eigenvalue weighted by Crippen LogP contribution is 2.31. The summed E-state index contributed by atoms with van der Waals surface area (Å²) in [6.45, 7) is 0. The number of rotatable bonds is 2. The molecule has 5 nitrogen and oxygen atoms in total. The Morgan fingerprint density at radius 1 is 1.26 bits per heavy atom. The molecular formula is C13H8BrN3O2. The second-order valence-electron chi connectivity index (χ2n) is 4.05. The molecule has 0 saturated heterocycles. The van der Waals surface area contributed by atoms with Crippen LogP contribution >= 0.6 is 15.9 Å². The molecule has 0 aliphatic carbocycles. The van der Waals surface area contributed by atoms with Gasteiger partial charge in [0.1, 0.15) is 0 Å². The topological polar surface area (TPSA) is 71.8 Å². The summed E-state index contributed by atoms with van der Waals surface area (Å²) < 4.78 is 0.582. The molecule has 3 rings (SSSR count). The summed E-state index contributed by atoms with van der Waals surface area (Å²) >= 11 is 3.19. The molecule has 2 heterocycles. The number of fused-ring (bicyclic) bond motifs is 1. The third-order valence-corrected chi connectivity index (χ3v) is 3.25. The van der Waals surface area contributed by atoms with Gasteiger partial charge in [0.15, 0.2) is 5.69 Å². The number of aromatic nitrogens is 2. The lowest BCUT2D eigenvalue weighted by atomic mass is 10.2. The predicted molar refractivity (Wildman–Crippen MR) is 75.9 cm³/mol. The van der Waals surface area contributed by atoms with Crippen molar-refractivity contribution < 1.29 is 4.92 Å². The fraction of sp³-hybridized carbons (Fsp3) is 0. The zero-order valence-corrected chi connectivity index (χ0v) is 11.2. The number of hydrogen-bond donors (Lipinski definition) is 1. The van der Waals surface area contributed by atoms with E-state index in [1.807, 2.05) is 30.3 Å². The Hall–Kier alpha value is -2.21. The maximum absolute atomic E-state index is 11.1. The average Bonchev–Trinajstić information content (AvgIpc) is 2.82. The van der Waals surface area contributed by atoms with Crippen LogP contribution in [0.1, 0.15) is 0 Å². The van der Waals surface area contributed by atoms with Gasteiger partial charge < -0.3 is 4.98 Å². The highest BCUT2D eigenvalue weighted by atomic mass is 79.9. The molecule has 0 radical (unpaired) electrons. The van der Waals surface area contributed by atoms with E-state index in [2.05, 4.69) is 25.9 Å². The molecule has 6 heteroatoms.